The van der Waals surface area contributed by atoms with E-state index in [0.717, 1.165) is 30.0 Å². The van der Waals surface area contributed by atoms with Crippen LogP contribution in [0.25, 0.3) is 16.6 Å². The molecule has 138 valence electrons. The molecule has 0 spiro atoms. The molecule has 2 aromatic rings. The van der Waals surface area contributed by atoms with Gasteiger partial charge in [0.2, 0.25) is 0 Å². The van der Waals surface area contributed by atoms with Crippen LogP contribution >= 0.6 is 0 Å². The molecular formula is C23H30N2O. The van der Waals surface area contributed by atoms with Gasteiger partial charge in [-0.3, -0.25) is 0 Å². The molecule has 1 heterocycles. The highest BCUT2D eigenvalue weighted by atomic mass is 16.5. The van der Waals surface area contributed by atoms with Crippen molar-refractivity contribution in [3.63, 3.8) is 0 Å². The summed E-state index contributed by atoms with van der Waals surface area (Å²) >= 11 is 0. The van der Waals surface area contributed by atoms with Crippen LogP contribution in [0.15, 0.2) is 61.2 Å². The van der Waals surface area contributed by atoms with Gasteiger partial charge in [0.1, 0.15) is 5.75 Å². The summed E-state index contributed by atoms with van der Waals surface area (Å²) in [4.78, 5) is 0. The highest BCUT2D eigenvalue weighted by Crippen LogP contribution is 2.33. The summed E-state index contributed by atoms with van der Waals surface area (Å²) in [5.41, 5.74) is 5.78. The zero-order valence-corrected chi connectivity index (χ0v) is 16.4. The van der Waals surface area contributed by atoms with Crippen molar-refractivity contribution in [1.29, 1.82) is 0 Å². The minimum Gasteiger partial charge on any atom is -0.497 e. The fourth-order valence-electron chi connectivity index (χ4n) is 3.35. The van der Waals surface area contributed by atoms with Gasteiger partial charge in [0.15, 0.2) is 0 Å². The van der Waals surface area contributed by atoms with Gasteiger partial charge < -0.3 is 14.6 Å². The summed E-state index contributed by atoms with van der Waals surface area (Å²) in [5.74, 6) is 0.877. The van der Waals surface area contributed by atoms with E-state index in [1.807, 2.05) is 31.2 Å². The fourth-order valence-corrected chi connectivity index (χ4v) is 3.35. The van der Waals surface area contributed by atoms with E-state index in [4.69, 9.17) is 4.74 Å². The van der Waals surface area contributed by atoms with Gasteiger partial charge in [0.25, 0.3) is 0 Å². The molecule has 0 fully saturated rings. The normalized spacial score (nSPS) is 11.9. The molecule has 2 rings (SSSR count). The molecule has 1 aromatic carbocycles. The SMILES string of the molecule is C=CCN/C(=C\C(=C)/C=C\C)c1c(CC)c2ccc(OC)cc2n1CC. The number of nitrogens with one attached hydrogen (secondary N) is 1. The second kappa shape index (κ2) is 9.14. The molecule has 0 saturated carbocycles. The third kappa shape index (κ3) is 3.93. The van der Waals surface area contributed by atoms with E-state index in [0.29, 0.717) is 6.54 Å². The summed E-state index contributed by atoms with van der Waals surface area (Å²) < 4.78 is 7.80. The molecule has 0 saturated heterocycles. The summed E-state index contributed by atoms with van der Waals surface area (Å²) in [5, 5.41) is 4.78. The van der Waals surface area contributed by atoms with E-state index in [2.05, 4.69) is 55.1 Å². The minimum atomic E-state index is 0.701. The molecule has 0 radical (unpaired) electrons. The number of aromatic nitrogens is 1. The second-order valence-corrected chi connectivity index (χ2v) is 6.11. The van der Waals surface area contributed by atoms with Crippen LogP contribution in [-0.4, -0.2) is 18.2 Å². The van der Waals surface area contributed by atoms with E-state index in [-0.39, 0.29) is 0 Å². The number of benzene rings is 1. The van der Waals surface area contributed by atoms with Crippen molar-refractivity contribution in [2.24, 2.45) is 0 Å². The largest absolute Gasteiger partial charge is 0.497 e. The number of rotatable bonds is 9. The smallest absolute Gasteiger partial charge is 0.120 e. The van der Waals surface area contributed by atoms with Crippen LogP contribution in [-0.2, 0) is 13.0 Å². The molecule has 0 amide bonds. The van der Waals surface area contributed by atoms with Crippen molar-refractivity contribution in [2.75, 3.05) is 13.7 Å². The molecule has 0 aliphatic carbocycles. The van der Waals surface area contributed by atoms with Crippen LogP contribution in [0.3, 0.4) is 0 Å². The average Bonchev–Trinajstić information content (AvgIpc) is 2.97. The lowest BCUT2D eigenvalue weighted by molar-refractivity contribution is 0.415. The van der Waals surface area contributed by atoms with Gasteiger partial charge in [-0.25, -0.2) is 0 Å². The van der Waals surface area contributed by atoms with Gasteiger partial charge in [-0.1, -0.05) is 31.7 Å². The monoisotopic (exact) mass is 350 g/mol. The predicted octanol–water partition coefficient (Wildman–Crippen LogP) is 5.48. The number of fused-ring (bicyclic) bond motifs is 1. The Hall–Kier alpha value is -2.68. The highest BCUT2D eigenvalue weighted by Gasteiger charge is 2.19. The molecule has 1 aromatic heterocycles. The van der Waals surface area contributed by atoms with Crippen molar-refractivity contribution < 1.29 is 4.74 Å². The van der Waals surface area contributed by atoms with Crippen LogP contribution in [0.5, 0.6) is 5.75 Å². The van der Waals surface area contributed by atoms with Gasteiger partial charge in [-0.05, 0) is 49.6 Å². The van der Waals surface area contributed by atoms with Gasteiger partial charge >= 0.3 is 0 Å². The van der Waals surface area contributed by atoms with Crippen LogP contribution in [0.4, 0.5) is 0 Å². The number of aryl methyl sites for hydroxylation is 2. The molecule has 0 aliphatic rings. The Morgan fingerprint density at radius 2 is 2.08 bits per heavy atom. The van der Waals surface area contributed by atoms with E-state index in [1.54, 1.807) is 7.11 Å². The topological polar surface area (TPSA) is 26.2 Å². The summed E-state index contributed by atoms with van der Waals surface area (Å²) in [6, 6.07) is 6.31. The summed E-state index contributed by atoms with van der Waals surface area (Å²) in [6.07, 6.45) is 8.96. The van der Waals surface area contributed by atoms with Gasteiger partial charge in [0.05, 0.1) is 24.0 Å². The van der Waals surface area contributed by atoms with Gasteiger partial charge in [-0.15, -0.1) is 6.58 Å². The Balaban J connectivity index is 2.77. The van der Waals surface area contributed by atoms with E-state index < -0.39 is 0 Å². The second-order valence-electron chi connectivity index (χ2n) is 6.11. The fraction of sp³-hybridized carbons (Fsp3) is 0.304. The van der Waals surface area contributed by atoms with Gasteiger partial charge in [-0.2, -0.15) is 0 Å². The third-order valence-corrected chi connectivity index (χ3v) is 4.45. The Morgan fingerprint density at radius 1 is 1.31 bits per heavy atom. The van der Waals surface area contributed by atoms with Crippen molar-refractivity contribution in [3.05, 3.63) is 72.5 Å². The van der Waals surface area contributed by atoms with E-state index >= 15 is 0 Å². The Labute approximate surface area is 157 Å². The van der Waals surface area contributed by atoms with Crippen molar-refractivity contribution in [1.82, 2.24) is 9.88 Å². The predicted molar refractivity (Wildman–Crippen MR) is 114 cm³/mol. The zero-order valence-electron chi connectivity index (χ0n) is 16.4. The van der Waals surface area contributed by atoms with Crippen molar-refractivity contribution in [2.45, 2.75) is 33.7 Å². The number of ether oxygens (including phenoxy) is 1. The summed E-state index contributed by atoms with van der Waals surface area (Å²) in [7, 11) is 1.71. The first-order valence-electron chi connectivity index (χ1n) is 9.18. The van der Waals surface area contributed by atoms with E-state index in [9.17, 15) is 0 Å². The number of nitrogens with zero attached hydrogens (tertiary/aromatic N) is 1. The molecular weight excluding hydrogens is 320 g/mol. The lowest BCUT2D eigenvalue weighted by Gasteiger charge is -2.15. The first-order valence-corrected chi connectivity index (χ1v) is 9.18. The average molecular weight is 351 g/mol. The Kier molecular flexibility index (Phi) is 6.90. The molecule has 0 aliphatic heterocycles. The number of methoxy groups -OCH3 is 1. The molecule has 1 N–H and O–H groups in total. The van der Waals surface area contributed by atoms with Crippen LogP contribution in [0.1, 0.15) is 32.0 Å². The first kappa shape index (κ1) is 19.6. The maximum absolute atomic E-state index is 5.45. The van der Waals surface area contributed by atoms with Crippen molar-refractivity contribution >= 4 is 16.6 Å². The standard InChI is InChI=1S/C23H30N2O/c1-7-11-17(5)15-21(24-14-8-2)23-19(9-3)20-13-12-18(26-6)16-22(20)25(23)10-4/h7-8,11-13,15-16,24H,2,5,9-10,14H2,1,3-4,6H3/b11-7-,21-15-. The molecule has 26 heavy (non-hydrogen) atoms. The summed E-state index contributed by atoms with van der Waals surface area (Å²) in [6.45, 7) is 16.0. The maximum atomic E-state index is 5.45. The lowest BCUT2D eigenvalue weighted by atomic mass is 10.0. The Bertz CT molecular complexity index is 853. The maximum Gasteiger partial charge on any atom is 0.120 e. The van der Waals surface area contributed by atoms with Crippen LogP contribution in [0.2, 0.25) is 0 Å². The van der Waals surface area contributed by atoms with E-state index in [1.165, 1.54) is 22.2 Å². The molecule has 0 bridgehead atoms. The molecule has 0 atom stereocenters. The Morgan fingerprint density at radius 3 is 2.65 bits per heavy atom. The highest BCUT2D eigenvalue weighted by molar-refractivity contribution is 5.91. The van der Waals surface area contributed by atoms with Crippen molar-refractivity contribution in [3.8, 4) is 5.75 Å². The minimum absolute atomic E-state index is 0.701. The van der Waals surface area contributed by atoms with Gasteiger partial charge in [0, 0.05) is 24.5 Å². The lowest BCUT2D eigenvalue weighted by Crippen LogP contribution is -2.16. The molecule has 0 unspecified atom stereocenters. The first-order chi connectivity index (χ1) is 12.6. The number of hydrogen-bond donors (Lipinski definition) is 1. The van der Waals surface area contributed by atoms with Crippen LogP contribution < -0.4 is 10.1 Å². The quantitative estimate of drug-likeness (QED) is 0.479. The number of allylic oxidation sites excluding steroid dienone is 4. The molecule has 3 nitrogen and oxygen atoms in total. The number of hydrogen-bond acceptors (Lipinski definition) is 2. The van der Waals surface area contributed by atoms with Crippen LogP contribution in [0, 0.1) is 0 Å². The zero-order chi connectivity index (χ0) is 19.1. The molecule has 3 heteroatoms. The third-order valence-electron chi connectivity index (χ3n) is 4.45.